The van der Waals surface area contributed by atoms with Crippen LogP contribution in [0.1, 0.15) is 29.8 Å². The van der Waals surface area contributed by atoms with Gasteiger partial charge >= 0.3 is 0 Å². The smallest absolute Gasteiger partial charge is 0.229 e. The Morgan fingerprint density at radius 2 is 2.00 bits per heavy atom. The Morgan fingerprint density at radius 3 is 2.72 bits per heavy atom. The van der Waals surface area contributed by atoms with E-state index in [-0.39, 0.29) is 17.6 Å². The number of anilines is 1. The molecule has 2 aromatic heterocycles. The Bertz CT molecular complexity index is 1070. The number of aromatic nitrogens is 3. The topological polar surface area (TPSA) is 95.1 Å². The number of H-pyrrole nitrogens is 1. The average molecular weight is 394 g/mol. The van der Waals surface area contributed by atoms with Crippen LogP contribution in [0.4, 0.5) is 10.3 Å². The molecule has 1 aromatic carbocycles. The number of carbonyl (C=O) groups excluding carboxylic acids is 1. The Labute approximate surface area is 167 Å². The SMILES string of the molecule is Cc1cc(C)nc(NC(=NCCc2c[nH]c3ccc(F)cc23)NC(=O)C2CC2)n1. The first-order valence-electron chi connectivity index (χ1n) is 9.68. The van der Waals surface area contributed by atoms with Crippen molar-refractivity contribution in [3.05, 3.63) is 53.2 Å². The van der Waals surface area contributed by atoms with E-state index in [1.54, 1.807) is 6.07 Å². The molecule has 4 rings (SSSR count). The number of guanidine groups is 1. The number of aryl methyl sites for hydroxylation is 2. The number of aliphatic imine (C=N–C) groups is 1. The van der Waals surface area contributed by atoms with Gasteiger partial charge in [-0.15, -0.1) is 0 Å². The normalized spacial score (nSPS) is 14.2. The molecule has 150 valence electrons. The highest BCUT2D eigenvalue weighted by molar-refractivity contribution is 6.04. The zero-order valence-corrected chi connectivity index (χ0v) is 16.4. The van der Waals surface area contributed by atoms with Gasteiger partial charge in [0.05, 0.1) is 0 Å². The van der Waals surface area contributed by atoms with Crippen molar-refractivity contribution in [1.82, 2.24) is 20.3 Å². The molecule has 0 bridgehead atoms. The molecule has 1 amide bonds. The van der Waals surface area contributed by atoms with Gasteiger partial charge in [-0.2, -0.15) is 0 Å². The van der Waals surface area contributed by atoms with Gasteiger partial charge in [0, 0.05) is 41.0 Å². The number of fused-ring (bicyclic) bond motifs is 1. The van der Waals surface area contributed by atoms with Gasteiger partial charge in [0.15, 0.2) is 0 Å². The van der Waals surface area contributed by atoms with Gasteiger partial charge in [-0.3, -0.25) is 20.4 Å². The predicted octanol–water partition coefficient (Wildman–Crippen LogP) is 3.25. The second-order valence-corrected chi connectivity index (χ2v) is 7.35. The monoisotopic (exact) mass is 394 g/mol. The maximum absolute atomic E-state index is 13.6. The quantitative estimate of drug-likeness (QED) is 0.457. The summed E-state index contributed by atoms with van der Waals surface area (Å²) >= 11 is 0. The first-order chi connectivity index (χ1) is 14.0. The molecule has 0 spiro atoms. The number of aromatic amines is 1. The maximum atomic E-state index is 13.6. The molecule has 7 nitrogen and oxygen atoms in total. The van der Waals surface area contributed by atoms with Gasteiger partial charge in [0.2, 0.25) is 17.8 Å². The summed E-state index contributed by atoms with van der Waals surface area (Å²) in [5.41, 5.74) is 3.51. The molecule has 1 fully saturated rings. The van der Waals surface area contributed by atoms with Crippen LogP contribution in [-0.2, 0) is 11.2 Å². The molecule has 0 unspecified atom stereocenters. The van der Waals surface area contributed by atoms with E-state index in [2.05, 4.69) is 30.6 Å². The molecule has 1 aliphatic carbocycles. The highest BCUT2D eigenvalue weighted by Gasteiger charge is 2.30. The van der Waals surface area contributed by atoms with E-state index in [4.69, 9.17) is 0 Å². The molecule has 8 heteroatoms. The highest BCUT2D eigenvalue weighted by Crippen LogP contribution is 2.28. The molecular weight excluding hydrogens is 371 g/mol. The maximum Gasteiger partial charge on any atom is 0.229 e. The zero-order chi connectivity index (χ0) is 20.4. The van der Waals surface area contributed by atoms with Gasteiger partial charge in [-0.1, -0.05) is 0 Å². The van der Waals surface area contributed by atoms with Gasteiger partial charge < -0.3 is 4.98 Å². The molecule has 29 heavy (non-hydrogen) atoms. The van der Waals surface area contributed by atoms with E-state index < -0.39 is 0 Å². The molecule has 0 saturated heterocycles. The Balaban J connectivity index is 1.50. The van der Waals surface area contributed by atoms with E-state index in [0.717, 1.165) is 40.7 Å². The first kappa shape index (κ1) is 19.0. The summed E-state index contributed by atoms with van der Waals surface area (Å²) in [6.07, 6.45) is 4.27. The van der Waals surface area contributed by atoms with Gasteiger partial charge in [-0.05, 0) is 62.9 Å². The number of rotatable bonds is 5. The number of hydrogen-bond donors (Lipinski definition) is 3. The zero-order valence-electron chi connectivity index (χ0n) is 16.4. The van der Waals surface area contributed by atoms with Crippen molar-refractivity contribution in [3.8, 4) is 0 Å². The van der Waals surface area contributed by atoms with E-state index in [1.807, 2.05) is 26.1 Å². The summed E-state index contributed by atoms with van der Waals surface area (Å²) in [4.78, 5) is 28.6. The van der Waals surface area contributed by atoms with Crippen molar-refractivity contribution in [1.29, 1.82) is 0 Å². The summed E-state index contributed by atoms with van der Waals surface area (Å²) in [6.45, 7) is 4.19. The van der Waals surface area contributed by atoms with Crippen LogP contribution in [0.5, 0.6) is 0 Å². The fourth-order valence-electron chi connectivity index (χ4n) is 3.21. The lowest BCUT2D eigenvalue weighted by Crippen LogP contribution is -2.37. The van der Waals surface area contributed by atoms with Gasteiger partial charge in [0.25, 0.3) is 0 Å². The third-order valence-electron chi connectivity index (χ3n) is 4.78. The minimum absolute atomic E-state index is 0.0465. The van der Waals surface area contributed by atoms with Crippen molar-refractivity contribution in [2.24, 2.45) is 10.9 Å². The number of nitrogens with zero attached hydrogens (tertiary/aromatic N) is 3. The van der Waals surface area contributed by atoms with Crippen LogP contribution in [0.3, 0.4) is 0 Å². The lowest BCUT2D eigenvalue weighted by molar-refractivity contribution is -0.120. The molecule has 3 aromatic rings. The lowest BCUT2D eigenvalue weighted by atomic mass is 10.1. The average Bonchev–Trinajstić information content (AvgIpc) is 3.43. The van der Waals surface area contributed by atoms with E-state index in [1.165, 1.54) is 12.1 Å². The molecule has 1 saturated carbocycles. The number of nitrogens with one attached hydrogen (secondary N) is 3. The third kappa shape index (κ3) is 4.77. The number of amides is 1. The van der Waals surface area contributed by atoms with Crippen molar-refractivity contribution < 1.29 is 9.18 Å². The van der Waals surface area contributed by atoms with Crippen LogP contribution in [-0.4, -0.2) is 33.4 Å². The molecule has 0 aliphatic heterocycles. The van der Waals surface area contributed by atoms with E-state index in [0.29, 0.717) is 24.9 Å². The van der Waals surface area contributed by atoms with E-state index in [9.17, 15) is 9.18 Å². The van der Waals surface area contributed by atoms with Crippen LogP contribution in [0.25, 0.3) is 10.9 Å². The van der Waals surface area contributed by atoms with Crippen LogP contribution < -0.4 is 10.6 Å². The number of halogens is 1. The molecule has 2 heterocycles. The second kappa shape index (κ2) is 7.98. The van der Waals surface area contributed by atoms with E-state index >= 15 is 0 Å². The summed E-state index contributed by atoms with van der Waals surface area (Å²) in [5, 5.41) is 6.72. The van der Waals surface area contributed by atoms with Crippen LogP contribution in [0, 0.1) is 25.6 Å². The van der Waals surface area contributed by atoms with Crippen molar-refractivity contribution >= 4 is 28.7 Å². The van der Waals surface area contributed by atoms with Crippen LogP contribution in [0.15, 0.2) is 35.5 Å². The molecular formula is C21H23FN6O. The lowest BCUT2D eigenvalue weighted by Gasteiger charge is -2.11. The summed E-state index contributed by atoms with van der Waals surface area (Å²) in [7, 11) is 0. The van der Waals surface area contributed by atoms with Crippen molar-refractivity contribution in [3.63, 3.8) is 0 Å². The fraction of sp³-hybridized carbons (Fsp3) is 0.333. The van der Waals surface area contributed by atoms with Crippen molar-refractivity contribution in [2.75, 3.05) is 11.9 Å². The molecule has 3 N–H and O–H groups in total. The van der Waals surface area contributed by atoms with Gasteiger partial charge in [-0.25, -0.2) is 14.4 Å². The summed E-state index contributed by atoms with van der Waals surface area (Å²) in [6, 6.07) is 6.54. The minimum atomic E-state index is -0.270. The third-order valence-corrected chi connectivity index (χ3v) is 4.78. The Kier molecular flexibility index (Phi) is 5.24. The second-order valence-electron chi connectivity index (χ2n) is 7.35. The summed E-state index contributed by atoms with van der Waals surface area (Å²) in [5.74, 6) is 0.464. The largest absolute Gasteiger partial charge is 0.361 e. The standard InChI is InChI=1S/C21H23FN6O/c1-12-9-13(2)26-21(25-12)28-20(27-19(29)14-3-4-14)23-8-7-15-11-24-18-6-5-16(22)10-17(15)18/h5-6,9-11,14,24H,3-4,7-8H2,1-2H3,(H2,23,25,26,27,28,29). The van der Waals surface area contributed by atoms with Crippen LogP contribution >= 0.6 is 0 Å². The van der Waals surface area contributed by atoms with Crippen LogP contribution in [0.2, 0.25) is 0 Å². The molecule has 0 atom stereocenters. The summed E-state index contributed by atoms with van der Waals surface area (Å²) < 4.78 is 13.6. The predicted molar refractivity (Wildman–Crippen MR) is 110 cm³/mol. The first-order valence-corrected chi connectivity index (χ1v) is 9.68. The number of hydrogen-bond acceptors (Lipinski definition) is 4. The molecule has 0 radical (unpaired) electrons. The fourth-order valence-corrected chi connectivity index (χ4v) is 3.21. The number of carbonyl (C=O) groups is 1. The number of benzene rings is 1. The molecule has 1 aliphatic rings. The van der Waals surface area contributed by atoms with Gasteiger partial charge in [0.1, 0.15) is 5.82 Å². The Morgan fingerprint density at radius 1 is 1.24 bits per heavy atom. The minimum Gasteiger partial charge on any atom is -0.361 e. The highest BCUT2D eigenvalue weighted by atomic mass is 19.1. The Hall–Kier alpha value is -3.29. The van der Waals surface area contributed by atoms with Crippen molar-refractivity contribution in [2.45, 2.75) is 33.1 Å².